The summed E-state index contributed by atoms with van der Waals surface area (Å²) >= 11 is 0. The van der Waals surface area contributed by atoms with Gasteiger partial charge in [-0.2, -0.15) is 0 Å². The van der Waals surface area contributed by atoms with Gasteiger partial charge in [0.25, 0.3) is 5.91 Å². The molecule has 0 saturated heterocycles. The predicted molar refractivity (Wildman–Crippen MR) is 82.9 cm³/mol. The summed E-state index contributed by atoms with van der Waals surface area (Å²) in [6.07, 6.45) is 7.94. The molecule has 21 heavy (non-hydrogen) atoms. The Kier molecular flexibility index (Phi) is 7.32. The van der Waals surface area contributed by atoms with Crippen molar-refractivity contribution in [3.63, 3.8) is 0 Å². The lowest BCUT2D eigenvalue weighted by atomic mass is 10.0. The van der Waals surface area contributed by atoms with E-state index in [9.17, 15) is 4.79 Å². The minimum absolute atomic E-state index is 0.0522. The summed E-state index contributed by atoms with van der Waals surface area (Å²) < 4.78 is 5.27. The number of hydrogen-bond acceptors (Lipinski definition) is 4. The van der Waals surface area contributed by atoms with Gasteiger partial charge in [0.1, 0.15) is 0 Å². The number of amides is 1. The van der Waals surface area contributed by atoms with Crippen LogP contribution < -0.4 is 5.32 Å². The highest BCUT2D eigenvalue weighted by molar-refractivity contribution is 5.90. The van der Waals surface area contributed by atoms with Crippen LogP contribution in [0.2, 0.25) is 0 Å². The second-order valence-corrected chi connectivity index (χ2v) is 4.99. The molecule has 0 aromatic carbocycles. The third-order valence-corrected chi connectivity index (χ3v) is 3.04. The SMILES string of the molecule is C=CC(C[C@H](C)/C=C(/C)CNC(=O)c1ncccn1)OC. The summed E-state index contributed by atoms with van der Waals surface area (Å²) in [4.78, 5) is 19.6. The number of carbonyl (C=O) groups is 1. The molecule has 114 valence electrons. The summed E-state index contributed by atoms with van der Waals surface area (Å²) in [6, 6.07) is 1.68. The highest BCUT2D eigenvalue weighted by Crippen LogP contribution is 2.12. The molecule has 0 aliphatic rings. The van der Waals surface area contributed by atoms with Crippen molar-refractivity contribution in [2.75, 3.05) is 13.7 Å². The van der Waals surface area contributed by atoms with E-state index in [1.165, 1.54) is 0 Å². The maximum atomic E-state index is 11.8. The first-order chi connectivity index (χ1) is 10.1. The summed E-state index contributed by atoms with van der Waals surface area (Å²) in [5, 5.41) is 2.80. The van der Waals surface area contributed by atoms with Gasteiger partial charge in [-0.05, 0) is 25.3 Å². The Morgan fingerprint density at radius 2 is 2.14 bits per heavy atom. The fourth-order valence-corrected chi connectivity index (χ4v) is 1.98. The first kappa shape index (κ1) is 17.0. The van der Waals surface area contributed by atoms with Crippen LogP contribution in [0.15, 0.2) is 42.8 Å². The number of ether oxygens (including phenoxy) is 1. The van der Waals surface area contributed by atoms with Crippen LogP contribution in [0.1, 0.15) is 30.9 Å². The smallest absolute Gasteiger partial charge is 0.289 e. The van der Waals surface area contributed by atoms with Gasteiger partial charge in [-0.1, -0.05) is 24.6 Å². The molecule has 1 amide bonds. The molecule has 1 aromatic rings. The van der Waals surface area contributed by atoms with E-state index >= 15 is 0 Å². The lowest BCUT2D eigenvalue weighted by Gasteiger charge is -2.15. The van der Waals surface area contributed by atoms with Crippen molar-refractivity contribution < 1.29 is 9.53 Å². The van der Waals surface area contributed by atoms with Crippen molar-refractivity contribution in [3.8, 4) is 0 Å². The zero-order chi connectivity index (χ0) is 15.7. The molecule has 0 fully saturated rings. The van der Waals surface area contributed by atoms with E-state index in [0.717, 1.165) is 12.0 Å². The van der Waals surface area contributed by atoms with Crippen LogP contribution in [-0.2, 0) is 4.74 Å². The summed E-state index contributed by atoms with van der Waals surface area (Å²) in [5.41, 5.74) is 1.09. The molecule has 0 spiro atoms. The average molecular weight is 289 g/mol. The average Bonchev–Trinajstić information content (AvgIpc) is 2.51. The number of rotatable bonds is 8. The van der Waals surface area contributed by atoms with Crippen molar-refractivity contribution >= 4 is 5.91 Å². The number of methoxy groups -OCH3 is 1. The molecule has 1 heterocycles. The van der Waals surface area contributed by atoms with Crippen LogP contribution in [0.3, 0.4) is 0 Å². The lowest BCUT2D eigenvalue weighted by molar-refractivity contribution is 0.0946. The Hall–Kier alpha value is -2.01. The van der Waals surface area contributed by atoms with Crippen LogP contribution >= 0.6 is 0 Å². The summed E-state index contributed by atoms with van der Waals surface area (Å²) in [7, 11) is 1.68. The van der Waals surface area contributed by atoms with E-state index in [1.807, 2.05) is 6.92 Å². The van der Waals surface area contributed by atoms with Gasteiger partial charge < -0.3 is 10.1 Å². The van der Waals surface area contributed by atoms with Crippen LogP contribution in [0, 0.1) is 5.92 Å². The van der Waals surface area contributed by atoms with E-state index in [4.69, 9.17) is 4.74 Å². The number of carbonyl (C=O) groups excluding carboxylic acids is 1. The minimum atomic E-state index is -0.267. The van der Waals surface area contributed by atoms with Crippen molar-refractivity contribution in [2.24, 2.45) is 5.92 Å². The number of nitrogens with one attached hydrogen (secondary N) is 1. The molecule has 5 nitrogen and oxygen atoms in total. The number of nitrogens with zero attached hydrogens (tertiary/aromatic N) is 2. The van der Waals surface area contributed by atoms with Crippen molar-refractivity contribution in [1.82, 2.24) is 15.3 Å². The number of allylic oxidation sites excluding steroid dienone is 1. The second-order valence-electron chi connectivity index (χ2n) is 4.99. The molecule has 1 aromatic heterocycles. The topological polar surface area (TPSA) is 64.1 Å². The normalized spacial score (nSPS) is 14.3. The molecule has 0 aliphatic heterocycles. The molecule has 1 N–H and O–H groups in total. The largest absolute Gasteiger partial charge is 0.377 e. The molecule has 0 aliphatic carbocycles. The Morgan fingerprint density at radius 3 is 2.71 bits per heavy atom. The van der Waals surface area contributed by atoms with Crippen molar-refractivity contribution in [1.29, 1.82) is 0 Å². The highest BCUT2D eigenvalue weighted by atomic mass is 16.5. The van der Waals surface area contributed by atoms with Gasteiger partial charge in [0.15, 0.2) is 0 Å². The molecule has 5 heteroatoms. The highest BCUT2D eigenvalue weighted by Gasteiger charge is 2.09. The Balaban J connectivity index is 2.45. The van der Waals surface area contributed by atoms with Crippen LogP contribution in [0.4, 0.5) is 0 Å². The van der Waals surface area contributed by atoms with Crippen molar-refractivity contribution in [2.45, 2.75) is 26.4 Å². The zero-order valence-corrected chi connectivity index (χ0v) is 12.9. The van der Waals surface area contributed by atoms with Crippen LogP contribution in [0.5, 0.6) is 0 Å². The zero-order valence-electron chi connectivity index (χ0n) is 12.9. The Bertz CT molecular complexity index is 486. The maximum absolute atomic E-state index is 11.8. The molecule has 0 radical (unpaired) electrons. The molecular formula is C16H23N3O2. The number of aromatic nitrogens is 2. The summed E-state index contributed by atoms with van der Waals surface area (Å²) in [6.45, 7) is 8.32. The summed E-state index contributed by atoms with van der Waals surface area (Å²) in [5.74, 6) is 0.263. The number of hydrogen-bond donors (Lipinski definition) is 1. The van der Waals surface area contributed by atoms with Crippen LogP contribution in [-0.4, -0.2) is 35.6 Å². The van der Waals surface area contributed by atoms with Gasteiger partial charge in [-0.25, -0.2) is 9.97 Å². The first-order valence-electron chi connectivity index (χ1n) is 6.94. The lowest BCUT2D eigenvalue weighted by Crippen LogP contribution is -2.27. The van der Waals surface area contributed by atoms with Crippen LogP contribution in [0.25, 0.3) is 0 Å². The maximum Gasteiger partial charge on any atom is 0.289 e. The van der Waals surface area contributed by atoms with E-state index < -0.39 is 0 Å². The molecule has 2 atom stereocenters. The fraction of sp³-hybridized carbons (Fsp3) is 0.438. The minimum Gasteiger partial charge on any atom is -0.377 e. The van der Waals surface area contributed by atoms with Gasteiger partial charge in [0.2, 0.25) is 5.82 Å². The Morgan fingerprint density at radius 1 is 1.48 bits per heavy atom. The third kappa shape index (κ3) is 6.31. The molecule has 1 rings (SSSR count). The monoisotopic (exact) mass is 289 g/mol. The van der Waals surface area contributed by atoms with Gasteiger partial charge in [0, 0.05) is 26.0 Å². The fourth-order valence-electron chi connectivity index (χ4n) is 1.98. The van der Waals surface area contributed by atoms with E-state index in [0.29, 0.717) is 12.5 Å². The van der Waals surface area contributed by atoms with E-state index in [1.54, 1.807) is 31.6 Å². The molecule has 0 bridgehead atoms. The van der Waals surface area contributed by atoms with E-state index in [-0.39, 0.29) is 17.8 Å². The van der Waals surface area contributed by atoms with Gasteiger partial charge in [-0.15, -0.1) is 6.58 Å². The van der Waals surface area contributed by atoms with Crippen molar-refractivity contribution in [3.05, 3.63) is 48.6 Å². The van der Waals surface area contributed by atoms with E-state index in [2.05, 4.69) is 34.9 Å². The molecular weight excluding hydrogens is 266 g/mol. The molecule has 1 unspecified atom stereocenters. The molecule has 0 saturated carbocycles. The first-order valence-corrected chi connectivity index (χ1v) is 6.94. The predicted octanol–water partition coefficient (Wildman–Crippen LogP) is 2.38. The van der Waals surface area contributed by atoms with Gasteiger partial charge in [-0.3, -0.25) is 4.79 Å². The standard InChI is InChI=1S/C16H23N3O2/c1-5-14(21-4)10-12(2)9-13(3)11-19-16(20)15-17-7-6-8-18-15/h5-9,12,14H,1,10-11H2,2-4H3,(H,19,20)/b13-9-/t12-,14?/m1/s1. The Labute approximate surface area is 126 Å². The van der Waals surface area contributed by atoms with Gasteiger partial charge in [0.05, 0.1) is 6.10 Å². The van der Waals surface area contributed by atoms with Gasteiger partial charge >= 0.3 is 0 Å². The second kappa shape index (κ2) is 9.02. The quantitative estimate of drug-likeness (QED) is 0.746. The third-order valence-electron chi connectivity index (χ3n) is 3.04.